The zero-order chi connectivity index (χ0) is 13.7. The molecule has 0 saturated carbocycles. The molecular formula is C14H15ClN2OS. The highest BCUT2D eigenvalue weighted by Gasteiger charge is 2.05. The highest BCUT2D eigenvalue weighted by Crippen LogP contribution is 2.32. The summed E-state index contributed by atoms with van der Waals surface area (Å²) in [5, 5.41) is 0.675. The molecule has 5 heteroatoms. The van der Waals surface area contributed by atoms with Crippen LogP contribution in [0.15, 0.2) is 41.6 Å². The van der Waals surface area contributed by atoms with Gasteiger partial charge >= 0.3 is 0 Å². The first kappa shape index (κ1) is 14.0. The molecule has 0 aliphatic carbocycles. The molecule has 0 amide bonds. The lowest BCUT2D eigenvalue weighted by Gasteiger charge is -2.09. The van der Waals surface area contributed by atoms with Crippen LogP contribution in [0.5, 0.6) is 5.75 Å². The first-order valence-electron chi connectivity index (χ1n) is 5.94. The molecule has 1 aromatic carbocycles. The van der Waals surface area contributed by atoms with Crippen LogP contribution in [-0.2, 0) is 5.75 Å². The lowest BCUT2D eigenvalue weighted by atomic mass is 10.3. The smallest absolute Gasteiger partial charge is 0.120 e. The summed E-state index contributed by atoms with van der Waals surface area (Å²) in [6.45, 7) is 2.60. The zero-order valence-electron chi connectivity index (χ0n) is 10.6. The third-order valence-corrected chi connectivity index (χ3v) is 4.00. The monoisotopic (exact) mass is 294 g/mol. The Bertz CT molecular complexity index is 563. The highest BCUT2D eigenvalue weighted by molar-refractivity contribution is 7.98. The van der Waals surface area contributed by atoms with Crippen molar-refractivity contribution < 1.29 is 4.74 Å². The fourth-order valence-electron chi connectivity index (χ4n) is 1.57. The molecule has 2 rings (SSSR count). The third kappa shape index (κ3) is 3.78. The van der Waals surface area contributed by atoms with Gasteiger partial charge in [0, 0.05) is 28.7 Å². The van der Waals surface area contributed by atoms with E-state index in [1.165, 1.54) is 0 Å². The van der Waals surface area contributed by atoms with Gasteiger partial charge in [-0.3, -0.25) is 4.98 Å². The molecule has 2 N–H and O–H groups in total. The van der Waals surface area contributed by atoms with Crippen molar-refractivity contribution in [2.24, 2.45) is 0 Å². The van der Waals surface area contributed by atoms with Crippen LogP contribution in [0.25, 0.3) is 0 Å². The number of aromatic nitrogens is 1. The van der Waals surface area contributed by atoms with Crippen molar-refractivity contribution in [1.29, 1.82) is 0 Å². The van der Waals surface area contributed by atoms with Crippen LogP contribution in [0, 0.1) is 0 Å². The Labute approximate surface area is 122 Å². The van der Waals surface area contributed by atoms with Gasteiger partial charge in [0.25, 0.3) is 0 Å². The second kappa shape index (κ2) is 6.68. The molecule has 0 aliphatic heterocycles. The summed E-state index contributed by atoms with van der Waals surface area (Å²) in [7, 11) is 0. The minimum absolute atomic E-state index is 0.643. The fourth-order valence-corrected chi connectivity index (χ4v) is 2.84. The maximum Gasteiger partial charge on any atom is 0.120 e. The van der Waals surface area contributed by atoms with Crippen molar-refractivity contribution in [2.45, 2.75) is 17.6 Å². The predicted molar refractivity (Wildman–Crippen MR) is 80.8 cm³/mol. The molecule has 0 unspecified atom stereocenters. The van der Waals surface area contributed by atoms with Crippen molar-refractivity contribution in [2.75, 3.05) is 12.3 Å². The van der Waals surface area contributed by atoms with E-state index in [0.29, 0.717) is 11.6 Å². The standard InChI is InChI=1S/C14H15ClN2OS/c1-2-18-11-3-4-13(16)14(7-11)19-9-10-5-6-17-8-12(10)15/h3-8H,2,9,16H2,1H3. The quantitative estimate of drug-likeness (QED) is 0.668. The molecule has 0 bridgehead atoms. The van der Waals surface area contributed by atoms with Crippen LogP contribution in [0.4, 0.5) is 5.69 Å². The summed E-state index contributed by atoms with van der Waals surface area (Å²) in [6, 6.07) is 7.61. The lowest BCUT2D eigenvalue weighted by Crippen LogP contribution is -1.94. The Balaban J connectivity index is 2.10. The van der Waals surface area contributed by atoms with Gasteiger partial charge < -0.3 is 10.5 Å². The summed E-state index contributed by atoms with van der Waals surface area (Å²) in [5.74, 6) is 1.58. The Kier molecular flexibility index (Phi) is 4.93. The number of thioether (sulfide) groups is 1. The average Bonchev–Trinajstić information content (AvgIpc) is 2.41. The minimum atomic E-state index is 0.643. The van der Waals surface area contributed by atoms with Crippen LogP contribution in [0.2, 0.25) is 5.02 Å². The van der Waals surface area contributed by atoms with Crippen molar-refractivity contribution in [3.63, 3.8) is 0 Å². The van der Waals surface area contributed by atoms with Gasteiger partial charge in [-0.25, -0.2) is 0 Å². The molecule has 100 valence electrons. The van der Waals surface area contributed by atoms with Crippen LogP contribution in [0.1, 0.15) is 12.5 Å². The van der Waals surface area contributed by atoms with Gasteiger partial charge in [-0.2, -0.15) is 0 Å². The van der Waals surface area contributed by atoms with Gasteiger partial charge in [-0.15, -0.1) is 11.8 Å². The largest absolute Gasteiger partial charge is 0.494 e. The Morgan fingerprint density at radius 3 is 2.95 bits per heavy atom. The number of hydrogen-bond donors (Lipinski definition) is 1. The molecule has 19 heavy (non-hydrogen) atoms. The Morgan fingerprint density at radius 1 is 1.37 bits per heavy atom. The normalized spacial score (nSPS) is 10.4. The number of ether oxygens (including phenoxy) is 1. The van der Waals surface area contributed by atoms with E-state index in [9.17, 15) is 0 Å². The van der Waals surface area contributed by atoms with E-state index < -0.39 is 0 Å². The number of rotatable bonds is 5. The van der Waals surface area contributed by atoms with Crippen LogP contribution < -0.4 is 10.5 Å². The maximum absolute atomic E-state index is 6.08. The van der Waals surface area contributed by atoms with Crippen molar-refractivity contribution in [1.82, 2.24) is 4.98 Å². The van der Waals surface area contributed by atoms with Crippen molar-refractivity contribution >= 4 is 29.1 Å². The third-order valence-electron chi connectivity index (χ3n) is 2.54. The number of halogens is 1. The Morgan fingerprint density at radius 2 is 2.21 bits per heavy atom. The fraction of sp³-hybridized carbons (Fsp3) is 0.214. The SMILES string of the molecule is CCOc1ccc(N)c(SCc2ccncc2Cl)c1. The van der Waals surface area contributed by atoms with Gasteiger partial charge in [-0.05, 0) is 36.8 Å². The first-order chi connectivity index (χ1) is 9.20. The second-order valence-corrected chi connectivity index (χ2v) is 5.31. The van der Waals surface area contributed by atoms with Crippen molar-refractivity contribution in [3.8, 4) is 5.75 Å². The number of benzene rings is 1. The second-order valence-electron chi connectivity index (χ2n) is 3.89. The van der Waals surface area contributed by atoms with Gasteiger partial charge in [0.05, 0.1) is 11.6 Å². The minimum Gasteiger partial charge on any atom is -0.494 e. The van der Waals surface area contributed by atoms with Gasteiger partial charge in [0.15, 0.2) is 0 Å². The number of nitrogens with two attached hydrogens (primary N) is 1. The summed E-state index contributed by atoms with van der Waals surface area (Å²) >= 11 is 7.72. The van der Waals surface area contributed by atoms with E-state index in [4.69, 9.17) is 22.1 Å². The highest BCUT2D eigenvalue weighted by atomic mass is 35.5. The molecule has 0 atom stereocenters. The number of hydrogen-bond acceptors (Lipinski definition) is 4. The number of pyridine rings is 1. The molecular weight excluding hydrogens is 280 g/mol. The topological polar surface area (TPSA) is 48.1 Å². The average molecular weight is 295 g/mol. The van der Waals surface area contributed by atoms with Crippen molar-refractivity contribution in [3.05, 3.63) is 47.2 Å². The summed E-state index contributed by atoms with van der Waals surface area (Å²) in [4.78, 5) is 4.97. The van der Waals surface area contributed by atoms with Gasteiger partial charge in [0.1, 0.15) is 5.75 Å². The predicted octanol–water partition coefficient (Wildman–Crippen LogP) is 4.01. The van der Waals surface area contributed by atoms with E-state index in [2.05, 4.69) is 4.98 Å². The van der Waals surface area contributed by atoms with E-state index in [1.807, 2.05) is 31.2 Å². The molecule has 0 radical (unpaired) electrons. The Hall–Kier alpha value is -1.39. The lowest BCUT2D eigenvalue weighted by molar-refractivity contribution is 0.339. The molecule has 3 nitrogen and oxygen atoms in total. The first-order valence-corrected chi connectivity index (χ1v) is 7.30. The number of anilines is 1. The van der Waals surface area contributed by atoms with Crippen LogP contribution >= 0.6 is 23.4 Å². The summed E-state index contributed by atoms with van der Waals surface area (Å²) < 4.78 is 5.47. The van der Waals surface area contributed by atoms with E-state index in [1.54, 1.807) is 24.2 Å². The van der Waals surface area contributed by atoms with Gasteiger partial charge in [-0.1, -0.05) is 11.6 Å². The summed E-state index contributed by atoms with van der Waals surface area (Å²) in [5.41, 5.74) is 7.76. The molecule has 1 heterocycles. The molecule has 0 aliphatic rings. The number of nitrogens with zero attached hydrogens (tertiary/aromatic N) is 1. The molecule has 1 aromatic heterocycles. The number of nitrogen functional groups attached to an aromatic ring is 1. The molecule has 0 spiro atoms. The van der Waals surface area contributed by atoms with Gasteiger partial charge in [0.2, 0.25) is 0 Å². The van der Waals surface area contributed by atoms with E-state index in [-0.39, 0.29) is 0 Å². The maximum atomic E-state index is 6.08. The van der Waals surface area contributed by atoms with E-state index in [0.717, 1.165) is 27.6 Å². The van der Waals surface area contributed by atoms with Crippen LogP contribution in [0.3, 0.4) is 0 Å². The zero-order valence-corrected chi connectivity index (χ0v) is 12.2. The molecule has 0 fully saturated rings. The van der Waals surface area contributed by atoms with Crippen LogP contribution in [-0.4, -0.2) is 11.6 Å². The molecule has 0 saturated heterocycles. The summed E-state index contributed by atoms with van der Waals surface area (Å²) in [6.07, 6.45) is 3.39. The molecule has 2 aromatic rings. The van der Waals surface area contributed by atoms with E-state index >= 15 is 0 Å².